The van der Waals surface area contributed by atoms with Gasteiger partial charge in [-0.1, -0.05) is 64.1 Å². The van der Waals surface area contributed by atoms with Gasteiger partial charge in [-0.15, -0.1) is 17.0 Å². The summed E-state index contributed by atoms with van der Waals surface area (Å²) in [5, 5.41) is 17.3. The Kier molecular flexibility index (Phi) is 14.7. The maximum Gasteiger partial charge on any atom is 0.313 e. The second-order valence-electron chi connectivity index (χ2n) is 12.7. The van der Waals surface area contributed by atoms with Gasteiger partial charge in [0.05, 0.1) is 24.4 Å². The highest BCUT2D eigenvalue weighted by atomic mass is 79.9. The van der Waals surface area contributed by atoms with Crippen LogP contribution in [0.1, 0.15) is 66.4 Å². The van der Waals surface area contributed by atoms with Crippen LogP contribution in [-0.2, 0) is 35.1 Å². The van der Waals surface area contributed by atoms with E-state index in [1.807, 2.05) is 44.2 Å². The van der Waals surface area contributed by atoms with E-state index in [4.69, 9.17) is 9.47 Å². The van der Waals surface area contributed by atoms with Crippen LogP contribution in [-0.4, -0.2) is 71.1 Å². The molecule has 11 heteroatoms. The molecule has 248 valence electrons. The third-order valence-electron chi connectivity index (χ3n) is 7.61. The Hall–Kier alpha value is -3.28. The molecule has 2 aliphatic rings. The van der Waals surface area contributed by atoms with Crippen molar-refractivity contribution in [3.8, 4) is 0 Å². The maximum absolute atomic E-state index is 13.1. The molecule has 2 atom stereocenters. The number of ether oxygens (including phenoxy) is 2. The van der Waals surface area contributed by atoms with Gasteiger partial charge in [0.2, 0.25) is 11.8 Å². The zero-order valence-electron chi connectivity index (χ0n) is 27.1. The van der Waals surface area contributed by atoms with Crippen molar-refractivity contribution in [2.45, 2.75) is 84.9 Å². The molecular weight excluding hydrogens is 642 g/mol. The number of hydrogen-bond donors (Lipinski definition) is 3. The molecular formula is C34H48BrN3O7. The van der Waals surface area contributed by atoms with Crippen molar-refractivity contribution in [3.05, 3.63) is 71.2 Å². The van der Waals surface area contributed by atoms with Crippen molar-refractivity contribution >= 4 is 40.7 Å². The summed E-state index contributed by atoms with van der Waals surface area (Å²) < 4.78 is 10.8. The van der Waals surface area contributed by atoms with Gasteiger partial charge in [-0.2, -0.15) is 0 Å². The number of esters is 2. The number of rotatable bonds is 13. The molecule has 10 nitrogen and oxygen atoms in total. The quantitative estimate of drug-likeness (QED) is 0.208. The molecule has 1 fully saturated rings. The molecule has 0 aromatic heterocycles. The van der Waals surface area contributed by atoms with Crippen molar-refractivity contribution in [3.63, 3.8) is 0 Å². The Labute approximate surface area is 277 Å². The predicted octanol–water partition coefficient (Wildman–Crippen LogP) is 4.14. The molecule has 0 saturated carbocycles. The van der Waals surface area contributed by atoms with Crippen LogP contribution in [0.5, 0.6) is 0 Å². The van der Waals surface area contributed by atoms with Crippen molar-refractivity contribution in [1.82, 2.24) is 15.5 Å². The largest absolute Gasteiger partial charge is 0.434 e. The van der Waals surface area contributed by atoms with Crippen LogP contribution >= 0.6 is 17.0 Å². The standard InChI is InChI=1S/C34H47N3O7.BrH/c1-22(2)32(41)43-20-26-18-25(14-15-29(26)44-33(42)23(3)4)28(38)19-36-34(5,6)21-35-31(40)27-13-10-16-37(27)30(39)17-24-11-8-7-9-12-24;/h7-9,11-12,14-15,20,22-23,27-28,36,38H,10,13,16-19,21H2,1-6H3,(H,35,40);1H/t27-,28?;/m0./s1. The van der Waals surface area contributed by atoms with E-state index in [-0.39, 0.29) is 65.8 Å². The first kappa shape index (κ1) is 37.9. The highest BCUT2D eigenvalue weighted by Crippen LogP contribution is 2.28. The lowest BCUT2D eigenvalue weighted by Crippen LogP contribution is -2.54. The average molecular weight is 691 g/mol. The summed E-state index contributed by atoms with van der Waals surface area (Å²) in [6.07, 6.45) is 5.57. The fourth-order valence-electron chi connectivity index (χ4n) is 4.78. The van der Waals surface area contributed by atoms with Gasteiger partial charge in [0, 0.05) is 37.2 Å². The van der Waals surface area contributed by atoms with Gasteiger partial charge < -0.3 is 30.1 Å². The maximum atomic E-state index is 13.1. The smallest absolute Gasteiger partial charge is 0.313 e. The predicted molar refractivity (Wildman–Crippen MR) is 177 cm³/mol. The lowest BCUT2D eigenvalue weighted by Gasteiger charge is -2.31. The summed E-state index contributed by atoms with van der Waals surface area (Å²) >= 11 is 0. The van der Waals surface area contributed by atoms with Crippen molar-refractivity contribution < 1.29 is 33.8 Å². The van der Waals surface area contributed by atoms with Crippen molar-refractivity contribution in [2.24, 2.45) is 11.8 Å². The number of nitrogens with zero attached hydrogens (tertiary/aromatic N) is 1. The third-order valence-corrected chi connectivity index (χ3v) is 7.61. The number of carbonyl (C=O) groups is 4. The van der Waals surface area contributed by atoms with E-state index in [1.54, 1.807) is 44.7 Å². The number of halogens is 1. The number of aliphatic hydroxyl groups is 1. The SMILES string of the molecule is Br.CC(C)C(=O)OC=C1CC(C(O)CNC(C)(C)CNC(=O)[C@@H]2CCCN2C(=O)Cc2ccccc2)=CC=C1OC(=O)C(C)C. The Morgan fingerprint density at radius 2 is 1.71 bits per heavy atom. The molecule has 2 amide bonds. The minimum Gasteiger partial charge on any atom is -0.434 e. The van der Waals surface area contributed by atoms with E-state index in [1.165, 1.54) is 6.26 Å². The van der Waals surface area contributed by atoms with E-state index in [0.29, 0.717) is 30.7 Å². The lowest BCUT2D eigenvalue weighted by molar-refractivity contribution is -0.142. The fourth-order valence-corrected chi connectivity index (χ4v) is 4.78. The van der Waals surface area contributed by atoms with Gasteiger partial charge in [-0.3, -0.25) is 19.2 Å². The number of benzene rings is 1. The van der Waals surface area contributed by atoms with Gasteiger partial charge in [0.25, 0.3) is 0 Å². The molecule has 3 rings (SSSR count). The molecule has 1 aromatic rings. The highest BCUT2D eigenvalue weighted by Gasteiger charge is 2.34. The Morgan fingerprint density at radius 3 is 2.36 bits per heavy atom. The minimum absolute atomic E-state index is 0. The van der Waals surface area contributed by atoms with E-state index >= 15 is 0 Å². The first-order chi connectivity index (χ1) is 20.8. The van der Waals surface area contributed by atoms with Crippen LogP contribution in [0.2, 0.25) is 0 Å². The van der Waals surface area contributed by atoms with Gasteiger partial charge in [0.15, 0.2) is 0 Å². The number of carbonyl (C=O) groups excluding carboxylic acids is 4. The molecule has 1 aliphatic heterocycles. The van der Waals surface area contributed by atoms with E-state index in [0.717, 1.165) is 12.0 Å². The summed E-state index contributed by atoms with van der Waals surface area (Å²) in [6.45, 7) is 11.8. The van der Waals surface area contributed by atoms with Gasteiger partial charge >= 0.3 is 11.9 Å². The normalized spacial score (nSPS) is 18.2. The zero-order valence-corrected chi connectivity index (χ0v) is 28.8. The molecule has 0 spiro atoms. The average Bonchev–Trinajstić information content (AvgIpc) is 3.49. The zero-order chi connectivity index (χ0) is 32.4. The van der Waals surface area contributed by atoms with Gasteiger partial charge in [-0.05, 0) is 43.9 Å². The van der Waals surface area contributed by atoms with Crippen LogP contribution in [0.4, 0.5) is 0 Å². The van der Waals surface area contributed by atoms with Crippen LogP contribution in [0.25, 0.3) is 0 Å². The number of amides is 2. The van der Waals surface area contributed by atoms with E-state index in [9.17, 15) is 24.3 Å². The molecule has 45 heavy (non-hydrogen) atoms. The highest BCUT2D eigenvalue weighted by molar-refractivity contribution is 8.93. The summed E-state index contributed by atoms with van der Waals surface area (Å²) in [5.41, 5.74) is 1.47. The molecule has 0 radical (unpaired) electrons. The third kappa shape index (κ3) is 11.5. The fraction of sp³-hybridized carbons (Fsp3) is 0.529. The topological polar surface area (TPSA) is 134 Å². The molecule has 1 aliphatic carbocycles. The van der Waals surface area contributed by atoms with Crippen LogP contribution in [0, 0.1) is 11.8 Å². The molecule has 1 aromatic carbocycles. The summed E-state index contributed by atoms with van der Waals surface area (Å²) in [4.78, 5) is 52.0. The first-order valence-corrected chi connectivity index (χ1v) is 15.3. The first-order valence-electron chi connectivity index (χ1n) is 15.3. The number of allylic oxidation sites excluding steroid dienone is 3. The molecule has 0 bridgehead atoms. The Bertz CT molecular complexity index is 1290. The summed E-state index contributed by atoms with van der Waals surface area (Å²) in [5.74, 6) is -1.48. The van der Waals surface area contributed by atoms with E-state index in [2.05, 4.69) is 10.6 Å². The van der Waals surface area contributed by atoms with Crippen LogP contribution in [0.15, 0.2) is 65.7 Å². The number of hydrogen-bond acceptors (Lipinski definition) is 8. The second kappa shape index (κ2) is 17.4. The number of likely N-dealkylation sites (tertiary alicyclic amines) is 1. The van der Waals surface area contributed by atoms with Crippen molar-refractivity contribution in [2.75, 3.05) is 19.6 Å². The minimum atomic E-state index is -0.895. The second-order valence-corrected chi connectivity index (χ2v) is 12.7. The van der Waals surface area contributed by atoms with Crippen molar-refractivity contribution in [1.29, 1.82) is 0 Å². The number of β-amino-alcohol motifs (C(OH)–C–C–N with tert-alkyl or cyclic N) is 1. The number of aliphatic hydroxyl groups excluding tert-OH is 1. The summed E-state index contributed by atoms with van der Waals surface area (Å²) in [6, 6.07) is 9.01. The van der Waals surface area contributed by atoms with Crippen LogP contribution in [0.3, 0.4) is 0 Å². The molecule has 1 saturated heterocycles. The molecule has 3 N–H and O–H groups in total. The Morgan fingerprint density at radius 1 is 1.04 bits per heavy atom. The van der Waals surface area contributed by atoms with Gasteiger partial charge in [0.1, 0.15) is 18.1 Å². The molecule has 1 unspecified atom stereocenters. The van der Waals surface area contributed by atoms with E-state index < -0.39 is 29.6 Å². The molecule has 1 heterocycles. The van der Waals surface area contributed by atoms with Gasteiger partial charge in [-0.25, -0.2) is 0 Å². The van der Waals surface area contributed by atoms with Crippen LogP contribution < -0.4 is 10.6 Å². The number of nitrogens with one attached hydrogen (secondary N) is 2. The Balaban J connectivity index is 0.00000705. The lowest BCUT2D eigenvalue weighted by atomic mass is 9.94. The monoisotopic (exact) mass is 689 g/mol. The summed E-state index contributed by atoms with van der Waals surface area (Å²) in [7, 11) is 0.